The van der Waals surface area contributed by atoms with Gasteiger partial charge in [-0.05, 0) is 13.8 Å². The number of hydrogen-bond donors (Lipinski definition) is 0. The van der Waals surface area contributed by atoms with Crippen LogP contribution in [0.5, 0.6) is 0 Å². The average molecular weight is 254 g/mol. The van der Waals surface area contributed by atoms with Crippen molar-refractivity contribution in [2.45, 2.75) is 38.3 Å². The molecule has 0 spiro atoms. The molecule has 0 heterocycles. The van der Waals surface area contributed by atoms with Crippen molar-refractivity contribution in [2.75, 3.05) is 0 Å². The van der Waals surface area contributed by atoms with Gasteiger partial charge in [-0.2, -0.15) is 0 Å². The third kappa shape index (κ3) is 4.99. The van der Waals surface area contributed by atoms with E-state index in [0.29, 0.717) is 0 Å². The monoisotopic (exact) mass is 254 g/mol. The quantitative estimate of drug-likeness (QED) is 0.531. The first-order chi connectivity index (χ1) is 8.62. The SMILES string of the molecule is C=CO[C@H]([C@H](OC=C)[C@@H](C)OC=C)[C@H](C)OC=C. The van der Waals surface area contributed by atoms with E-state index in [4.69, 9.17) is 18.9 Å². The molecule has 4 nitrogen and oxygen atoms in total. The van der Waals surface area contributed by atoms with Gasteiger partial charge in [0, 0.05) is 0 Å². The van der Waals surface area contributed by atoms with E-state index in [-0.39, 0.29) is 12.2 Å². The minimum Gasteiger partial charge on any atom is -0.495 e. The Morgan fingerprint density at radius 2 is 0.889 bits per heavy atom. The summed E-state index contributed by atoms with van der Waals surface area (Å²) in [5.74, 6) is 0. The second-order valence-corrected chi connectivity index (χ2v) is 3.55. The number of ether oxygens (including phenoxy) is 4. The lowest BCUT2D eigenvalue weighted by Gasteiger charge is -2.32. The van der Waals surface area contributed by atoms with Gasteiger partial charge in [-0.1, -0.05) is 26.3 Å². The van der Waals surface area contributed by atoms with Crippen LogP contribution in [0, 0.1) is 0 Å². The molecule has 0 saturated carbocycles. The molecular weight excluding hydrogens is 232 g/mol. The standard InChI is InChI=1S/C14H22O4/c1-7-15-11(5)13(17-9-3)14(18-10-4)12(6)16-8-2/h7-14H,1-4H2,5-6H3/t11-,12+,13-,14+. The van der Waals surface area contributed by atoms with Gasteiger partial charge < -0.3 is 18.9 Å². The fourth-order valence-electron chi connectivity index (χ4n) is 1.59. The molecule has 0 aliphatic carbocycles. The van der Waals surface area contributed by atoms with Crippen molar-refractivity contribution >= 4 is 0 Å². The first kappa shape index (κ1) is 16.2. The summed E-state index contributed by atoms with van der Waals surface area (Å²) in [5.41, 5.74) is 0. The van der Waals surface area contributed by atoms with Gasteiger partial charge in [0.05, 0.1) is 25.0 Å². The highest BCUT2D eigenvalue weighted by Crippen LogP contribution is 2.18. The van der Waals surface area contributed by atoms with E-state index in [1.165, 1.54) is 25.0 Å². The fourth-order valence-corrected chi connectivity index (χ4v) is 1.59. The minimum absolute atomic E-state index is 0.277. The highest BCUT2D eigenvalue weighted by atomic mass is 16.6. The normalized spacial score (nSPS) is 16.3. The second kappa shape index (κ2) is 9.22. The smallest absolute Gasteiger partial charge is 0.174 e. The Bertz CT molecular complexity index is 247. The van der Waals surface area contributed by atoms with Crippen LogP contribution in [-0.2, 0) is 18.9 Å². The molecule has 0 aromatic heterocycles. The summed E-state index contributed by atoms with van der Waals surface area (Å²) >= 11 is 0. The zero-order chi connectivity index (χ0) is 14.0. The predicted molar refractivity (Wildman–Crippen MR) is 71.6 cm³/mol. The third-order valence-corrected chi connectivity index (χ3v) is 2.38. The summed E-state index contributed by atoms with van der Waals surface area (Å²) in [4.78, 5) is 0. The van der Waals surface area contributed by atoms with Crippen LogP contribution in [0.4, 0.5) is 0 Å². The Labute approximate surface area is 109 Å². The Balaban J connectivity index is 4.93. The van der Waals surface area contributed by atoms with Crippen molar-refractivity contribution in [1.29, 1.82) is 0 Å². The molecule has 0 amide bonds. The minimum atomic E-state index is -0.409. The van der Waals surface area contributed by atoms with E-state index >= 15 is 0 Å². The van der Waals surface area contributed by atoms with Gasteiger partial charge in [-0.3, -0.25) is 0 Å². The maximum absolute atomic E-state index is 5.44. The van der Waals surface area contributed by atoms with Crippen LogP contribution >= 0.6 is 0 Å². The van der Waals surface area contributed by atoms with E-state index in [0.717, 1.165) is 0 Å². The zero-order valence-corrected chi connectivity index (χ0v) is 11.1. The molecule has 0 fully saturated rings. The molecule has 0 unspecified atom stereocenters. The van der Waals surface area contributed by atoms with Gasteiger partial charge in [0.2, 0.25) is 0 Å². The molecular formula is C14H22O4. The maximum atomic E-state index is 5.44. The van der Waals surface area contributed by atoms with Gasteiger partial charge >= 0.3 is 0 Å². The van der Waals surface area contributed by atoms with Gasteiger partial charge in [0.25, 0.3) is 0 Å². The van der Waals surface area contributed by atoms with Crippen LogP contribution in [0.3, 0.4) is 0 Å². The lowest BCUT2D eigenvalue weighted by atomic mass is 10.0. The van der Waals surface area contributed by atoms with Crippen molar-refractivity contribution in [3.05, 3.63) is 51.4 Å². The fraction of sp³-hybridized carbons (Fsp3) is 0.429. The van der Waals surface area contributed by atoms with Gasteiger partial charge in [-0.15, -0.1) is 0 Å². The Hall–Kier alpha value is -1.84. The topological polar surface area (TPSA) is 36.9 Å². The molecule has 0 aliphatic heterocycles. The van der Waals surface area contributed by atoms with Crippen LogP contribution in [0.25, 0.3) is 0 Å². The molecule has 4 atom stereocenters. The van der Waals surface area contributed by atoms with Crippen molar-refractivity contribution in [1.82, 2.24) is 0 Å². The summed E-state index contributed by atoms with van der Waals surface area (Å²) in [6.07, 6.45) is 4.02. The highest BCUT2D eigenvalue weighted by Gasteiger charge is 2.35. The van der Waals surface area contributed by atoms with E-state index in [2.05, 4.69) is 26.3 Å². The number of hydrogen-bond acceptors (Lipinski definition) is 4. The van der Waals surface area contributed by atoms with Crippen LogP contribution in [0.15, 0.2) is 51.4 Å². The van der Waals surface area contributed by atoms with Crippen molar-refractivity contribution < 1.29 is 18.9 Å². The van der Waals surface area contributed by atoms with Crippen molar-refractivity contribution in [3.63, 3.8) is 0 Å². The molecule has 0 aromatic rings. The van der Waals surface area contributed by atoms with Gasteiger partial charge in [-0.25, -0.2) is 0 Å². The van der Waals surface area contributed by atoms with E-state index in [9.17, 15) is 0 Å². The molecule has 0 aliphatic rings. The summed E-state index contributed by atoms with van der Waals surface area (Å²) < 4.78 is 21.5. The van der Waals surface area contributed by atoms with Gasteiger partial charge in [0.1, 0.15) is 12.2 Å². The summed E-state index contributed by atoms with van der Waals surface area (Å²) in [7, 11) is 0. The molecule has 0 bridgehead atoms. The Kier molecular flexibility index (Phi) is 8.27. The van der Waals surface area contributed by atoms with E-state index in [1.807, 2.05) is 13.8 Å². The first-order valence-electron chi connectivity index (χ1n) is 5.67. The summed E-state index contributed by atoms with van der Waals surface area (Å²) in [5, 5.41) is 0. The first-order valence-corrected chi connectivity index (χ1v) is 5.67. The second-order valence-electron chi connectivity index (χ2n) is 3.55. The lowest BCUT2D eigenvalue weighted by Crippen LogP contribution is -2.45. The molecule has 4 heteroatoms. The Morgan fingerprint density at radius 3 is 1.11 bits per heavy atom. The van der Waals surface area contributed by atoms with Crippen molar-refractivity contribution in [2.24, 2.45) is 0 Å². The molecule has 18 heavy (non-hydrogen) atoms. The number of rotatable bonds is 11. The van der Waals surface area contributed by atoms with E-state index in [1.54, 1.807) is 0 Å². The maximum Gasteiger partial charge on any atom is 0.174 e. The lowest BCUT2D eigenvalue weighted by molar-refractivity contribution is -0.108. The molecule has 0 N–H and O–H groups in total. The molecule has 102 valence electrons. The zero-order valence-electron chi connectivity index (χ0n) is 11.1. The van der Waals surface area contributed by atoms with Crippen LogP contribution in [-0.4, -0.2) is 24.4 Å². The predicted octanol–water partition coefficient (Wildman–Crippen LogP) is 3.14. The highest BCUT2D eigenvalue weighted by molar-refractivity contribution is 4.86. The molecule has 0 aromatic carbocycles. The van der Waals surface area contributed by atoms with Crippen molar-refractivity contribution in [3.8, 4) is 0 Å². The molecule has 0 radical (unpaired) electrons. The largest absolute Gasteiger partial charge is 0.495 e. The third-order valence-electron chi connectivity index (χ3n) is 2.38. The summed E-state index contributed by atoms with van der Waals surface area (Å²) in [6, 6.07) is 0. The Morgan fingerprint density at radius 1 is 0.611 bits per heavy atom. The summed E-state index contributed by atoms with van der Waals surface area (Å²) in [6.45, 7) is 17.8. The van der Waals surface area contributed by atoms with Gasteiger partial charge in [0.15, 0.2) is 12.2 Å². The van der Waals surface area contributed by atoms with E-state index < -0.39 is 12.2 Å². The van der Waals surface area contributed by atoms with Crippen LogP contribution in [0.1, 0.15) is 13.8 Å². The molecule has 0 saturated heterocycles. The average Bonchev–Trinajstić information content (AvgIpc) is 2.34. The van der Waals surface area contributed by atoms with Crippen LogP contribution < -0.4 is 0 Å². The van der Waals surface area contributed by atoms with Crippen LogP contribution in [0.2, 0.25) is 0 Å². The molecule has 0 rings (SSSR count).